The van der Waals surface area contributed by atoms with Crippen LogP contribution in [0.2, 0.25) is 5.02 Å². The summed E-state index contributed by atoms with van der Waals surface area (Å²) in [6.07, 6.45) is 1.88. The molecule has 0 bridgehead atoms. The first-order valence-electron chi connectivity index (χ1n) is 6.94. The zero-order chi connectivity index (χ0) is 14.4. The standard InChI is InChI=1S/C16H20ClN3/c1-3-18-11-13-10-15(17)16(19-12-13)20(4-2)14-8-6-5-7-9-14/h5-10,12,18H,3-4,11H2,1-2H3. The highest BCUT2D eigenvalue weighted by atomic mass is 35.5. The number of rotatable bonds is 6. The van der Waals surface area contributed by atoms with Crippen molar-refractivity contribution in [3.63, 3.8) is 0 Å². The zero-order valence-corrected chi connectivity index (χ0v) is 12.7. The van der Waals surface area contributed by atoms with Crippen LogP contribution in [0.15, 0.2) is 42.6 Å². The van der Waals surface area contributed by atoms with Crippen molar-refractivity contribution in [2.24, 2.45) is 0 Å². The Morgan fingerprint density at radius 3 is 2.55 bits per heavy atom. The van der Waals surface area contributed by atoms with Gasteiger partial charge in [0.2, 0.25) is 0 Å². The van der Waals surface area contributed by atoms with Crippen LogP contribution in [0.1, 0.15) is 19.4 Å². The van der Waals surface area contributed by atoms with E-state index in [4.69, 9.17) is 11.6 Å². The molecule has 0 amide bonds. The largest absolute Gasteiger partial charge is 0.325 e. The quantitative estimate of drug-likeness (QED) is 0.871. The van der Waals surface area contributed by atoms with E-state index < -0.39 is 0 Å². The first-order valence-corrected chi connectivity index (χ1v) is 7.31. The molecule has 1 N–H and O–H groups in total. The van der Waals surface area contributed by atoms with Crippen molar-refractivity contribution in [3.05, 3.63) is 53.2 Å². The van der Waals surface area contributed by atoms with Crippen molar-refractivity contribution in [2.75, 3.05) is 18.0 Å². The summed E-state index contributed by atoms with van der Waals surface area (Å²) in [5, 5.41) is 3.96. The summed E-state index contributed by atoms with van der Waals surface area (Å²) in [5.74, 6) is 0.806. The highest BCUT2D eigenvalue weighted by Crippen LogP contribution is 2.29. The Morgan fingerprint density at radius 2 is 1.95 bits per heavy atom. The summed E-state index contributed by atoms with van der Waals surface area (Å²) in [7, 11) is 0. The maximum Gasteiger partial charge on any atom is 0.151 e. The van der Waals surface area contributed by atoms with Gasteiger partial charge in [0.1, 0.15) is 0 Å². The van der Waals surface area contributed by atoms with E-state index in [2.05, 4.69) is 41.2 Å². The lowest BCUT2D eigenvalue weighted by Crippen LogP contribution is -2.18. The fourth-order valence-electron chi connectivity index (χ4n) is 2.10. The van der Waals surface area contributed by atoms with Gasteiger partial charge in [-0.15, -0.1) is 0 Å². The molecule has 1 aromatic heterocycles. The molecule has 2 aromatic rings. The van der Waals surface area contributed by atoms with Crippen molar-refractivity contribution < 1.29 is 0 Å². The number of halogens is 1. The maximum absolute atomic E-state index is 6.40. The Bertz CT molecular complexity index is 543. The van der Waals surface area contributed by atoms with Gasteiger partial charge in [-0.1, -0.05) is 36.7 Å². The summed E-state index contributed by atoms with van der Waals surface area (Å²) in [5.41, 5.74) is 2.20. The molecule has 0 atom stereocenters. The summed E-state index contributed by atoms with van der Waals surface area (Å²) in [6.45, 7) is 6.73. The number of aromatic nitrogens is 1. The third-order valence-corrected chi connectivity index (χ3v) is 3.38. The number of nitrogens with one attached hydrogen (secondary N) is 1. The van der Waals surface area contributed by atoms with Gasteiger partial charge in [0.25, 0.3) is 0 Å². The highest BCUT2D eigenvalue weighted by Gasteiger charge is 2.12. The lowest BCUT2D eigenvalue weighted by Gasteiger charge is -2.23. The van der Waals surface area contributed by atoms with Crippen molar-refractivity contribution >= 4 is 23.1 Å². The molecule has 0 fully saturated rings. The van der Waals surface area contributed by atoms with E-state index >= 15 is 0 Å². The monoisotopic (exact) mass is 289 g/mol. The third kappa shape index (κ3) is 3.50. The molecule has 0 radical (unpaired) electrons. The third-order valence-electron chi connectivity index (χ3n) is 3.10. The van der Waals surface area contributed by atoms with Crippen molar-refractivity contribution in [3.8, 4) is 0 Å². The van der Waals surface area contributed by atoms with E-state index in [1.807, 2.05) is 30.5 Å². The van der Waals surface area contributed by atoms with Gasteiger partial charge in [-0.2, -0.15) is 0 Å². The summed E-state index contributed by atoms with van der Waals surface area (Å²) in [4.78, 5) is 6.64. The van der Waals surface area contributed by atoms with Gasteiger partial charge in [0.05, 0.1) is 5.02 Å². The Hall–Kier alpha value is -1.58. The molecule has 1 aromatic carbocycles. The van der Waals surface area contributed by atoms with Gasteiger partial charge in [-0.25, -0.2) is 4.98 Å². The summed E-state index contributed by atoms with van der Waals surface area (Å²) >= 11 is 6.40. The molecule has 0 spiro atoms. The van der Waals surface area contributed by atoms with Crippen LogP contribution >= 0.6 is 11.6 Å². The second-order valence-corrected chi connectivity index (χ2v) is 4.92. The molecule has 0 aliphatic carbocycles. The van der Waals surface area contributed by atoms with Crippen LogP contribution in [0.4, 0.5) is 11.5 Å². The molecule has 0 saturated carbocycles. The van der Waals surface area contributed by atoms with E-state index in [0.717, 1.165) is 36.7 Å². The van der Waals surface area contributed by atoms with Crippen LogP contribution in [-0.4, -0.2) is 18.1 Å². The van der Waals surface area contributed by atoms with Crippen LogP contribution in [0, 0.1) is 0 Å². The lowest BCUT2D eigenvalue weighted by molar-refractivity contribution is 0.724. The smallest absolute Gasteiger partial charge is 0.151 e. The SMILES string of the molecule is CCNCc1cnc(N(CC)c2ccccc2)c(Cl)c1. The Balaban J connectivity index is 2.27. The fraction of sp³-hybridized carbons (Fsp3) is 0.312. The average molecular weight is 290 g/mol. The highest BCUT2D eigenvalue weighted by molar-refractivity contribution is 6.33. The molecule has 0 aliphatic rings. The number of hydrogen-bond donors (Lipinski definition) is 1. The predicted octanol–water partition coefficient (Wildman–Crippen LogP) is 4.00. The molecule has 4 heteroatoms. The van der Waals surface area contributed by atoms with Crippen molar-refractivity contribution in [1.29, 1.82) is 0 Å². The second kappa shape index (κ2) is 7.27. The molecule has 106 valence electrons. The minimum Gasteiger partial charge on any atom is -0.325 e. The Kier molecular flexibility index (Phi) is 5.39. The topological polar surface area (TPSA) is 28.2 Å². The van der Waals surface area contributed by atoms with Gasteiger partial charge in [0.15, 0.2) is 5.82 Å². The molecular formula is C16H20ClN3. The van der Waals surface area contributed by atoms with Crippen LogP contribution in [0.5, 0.6) is 0 Å². The summed E-state index contributed by atoms with van der Waals surface area (Å²) in [6, 6.07) is 12.2. The normalized spacial score (nSPS) is 10.6. The van der Waals surface area contributed by atoms with Gasteiger partial charge < -0.3 is 10.2 Å². The van der Waals surface area contributed by atoms with Crippen LogP contribution < -0.4 is 10.2 Å². The van der Waals surface area contributed by atoms with Crippen molar-refractivity contribution in [2.45, 2.75) is 20.4 Å². The molecule has 1 heterocycles. The number of hydrogen-bond acceptors (Lipinski definition) is 3. The molecule has 20 heavy (non-hydrogen) atoms. The number of anilines is 2. The molecule has 2 rings (SSSR count). The second-order valence-electron chi connectivity index (χ2n) is 4.51. The number of benzene rings is 1. The zero-order valence-electron chi connectivity index (χ0n) is 11.9. The fourth-order valence-corrected chi connectivity index (χ4v) is 2.39. The van der Waals surface area contributed by atoms with E-state index in [9.17, 15) is 0 Å². The molecule has 0 aliphatic heterocycles. The predicted molar refractivity (Wildman–Crippen MR) is 85.7 cm³/mol. The molecular weight excluding hydrogens is 270 g/mol. The minimum absolute atomic E-state index is 0.686. The van der Waals surface area contributed by atoms with E-state index in [1.165, 1.54) is 0 Å². The molecule has 0 saturated heterocycles. The minimum atomic E-state index is 0.686. The average Bonchev–Trinajstić information content (AvgIpc) is 2.49. The number of pyridine rings is 1. The van der Waals surface area contributed by atoms with Crippen molar-refractivity contribution in [1.82, 2.24) is 10.3 Å². The van der Waals surface area contributed by atoms with Gasteiger partial charge >= 0.3 is 0 Å². The number of nitrogens with zero attached hydrogens (tertiary/aromatic N) is 2. The van der Waals surface area contributed by atoms with Gasteiger partial charge in [-0.3, -0.25) is 0 Å². The van der Waals surface area contributed by atoms with E-state index in [0.29, 0.717) is 5.02 Å². The Labute approximate surface area is 125 Å². The first kappa shape index (κ1) is 14.8. The Morgan fingerprint density at radius 1 is 1.20 bits per heavy atom. The van der Waals surface area contributed by atoms with Gasteiger partial charge in [-0.05, 0) is 37.2 Å². The number of para-hydroxylation sites is 1. The van der Waals surface area contributed by atoms with Crippen LogP contribution in [0.3, 0.4) is 0 Å². The maximum atomic E-state index is 6.40. The first-order chi connectivity index (χ1) is 9.76. The molecule has 3 nitrogen and oxygen atoms in total. The lowest BCUT2D eigenvalue weighted by atomic mass is 10.2. The van der Waals surface area contributed by atoms with Gasteiger partial charge in [0, 0.05) is 25.0 Å². The van der Waals surface area contributed by atoms with E-state index in [1.54, 1.807) is 0 Å². The molecule has 0 unspecified atom stereocenters. The van der Waals surface area contributed by atoms with Crippen LogP contribution in [0.25, 0.3) is 0 Å². The van der Waals surface area contributed by atoms with Crippen LogP contribution in [-0.2, 0) is 6.54 Å². The summed E-state index contributed by atoms with van der Waals surface area (Å²) < 4.78 is 0. The van der Waals surface area contributed by atoms with E-state index in [-0.39, 0.29) is 0 Å².